The summed E-state index contributed by atoms with van der Waals surface area (Å²) in [5.41, 5.74) is 0.822. The Kier molecular flexibility index (Phi) is 7.32. The number of nitrogens with one attached hydrogen (secondary N) is 1. The van der Waals surface area contributed by atoms with Crippen molar-refractivity contribution in [3.05, 3.63) is 93.9 Å². The maximum Gasteiger partial charge on any atom is 0.331 e. The number of nitrogens with zero attached hydrogens (tertiary/aromatic N) is 3. The Balaban J connectivity index is 1.38. The third kappa shape index (κ3) is 4.96. The van der Waals surface area contributed by atoms with Gasteiger partial charge in [0.15, 0.2) is 0 Å². The van der Waals surface area contributed by atoms with Gasteiger partial charge in [0.2, 0.25) is 11.8 Å². The number of methoxy groups -OCH3 is 2. The molecule has 4 heterocycles. The minimum absolute atomic E-state index is 0.00405. The lowest BCUT2D eigenvalue weighted by Crippen LogP contribution is -2.67. The summed E-state index contributed by atoms with van der Waals surface area (Å²) in [5, 5.41) is 2.50. The highest BCUT2D eigenvalue weighted by Crippen LogP contribution is 2.40. The van der Waals surface area contributed by atoms with Crippen molar-refractivity contribution in [1.29, 1.82) is 0 Å². The average molecular weight is 571 g/mol. The lowest BCUT2D eigenvalue weighted by atomic mass is 9.75. The number of aromatic nitrogens is 1. The molecule has 2 fully saturated rings. The second-order valence-corrected chi connectivity index (χ2v) is 11.5. The lowest BCUT2D eigenvalue weighted by Gasteiger charge is -2.47. The molecule has 2 saturated heterocycles. The molecule has 3 aliphatic rings. The maximum absolute atomic E-state index is 14.5. The molecular formula is C32H34N4O6. The monoisotopic (exact) mass is 570 g/mol. The number of imide groups is 2. The Morgan fingerprint density at radius 1 is 0.905 bits per heavy atom. The van der Waals surface area contributed by atoms with Crippen LogP contribution < -0.4 is 20.3 Å². The Bertz CT molecular complexity index is 1590. The van der Waals surface area contributed by atoms with Crippen LogP contribution in [0, 0.1) is 11.3 Å². The van der Waals surface area contributed by atoms with Crippen molar-refractivity contribution in [3.63, 3.8) is 0 Å². The number of rotatable bonds is 8. The number of carbonyl (C=O) groups is 3. The molecule has 2 bridgehead atoms. The van der Waals surface area contributed by atoms with Crippen LogP contribution in [-0.4, -0.2) is 66.1 Å². The van der Waals surface area contributed by atoms with E-state index >= 15 is 0 Å². The number of carbonyl (C=O) groups excluding carboxylic acids is 3. The van der Waals surface area contributed by atoms with Gasteiger partial charge in [-0.3, -0.25) is 24.6 Å². The summed E-state index contributed by atoms with van der Waals surface area (Å²) in [7, 11) is 3.09. The van der Waals surface area contributed by atoms with Gasteiger partial charge in [-0.15, -0.1) is 0 Å². The van der Waals surface area contributed by atoms with Crippen molar-refractivity contribution in [3.8, 4) is 11.5 Å². The molecule has 6 rings (SSSR count). The predicted octanol–water partition coefficient (Wildman–Crippen LogP) is 2.79. The molecule has 1 aromatic heterocycles. The Labute approximate surface area is 243 Å². The van der Waals surface area contributed by atoms with E-state index in [0.717, 1.165) is 22.6 Å². The zero-order valence-corrected chi connectivity index (χ0v) is 23.7. The third-order valence-electron chi connectivity index (χ3n) is 8.77. The highest BCUT2D eigenvalue weighted by molar-refractivity contribution is 6.19. The van der Waals surface area contributed by atoms with E-state index in [1.807, 2.05) is 41.0 Å². The maximum atomic E-state index is 14.5. The number of urea groups is 1. The molecule has 0 saturated carbocycles. The highest BCUT2D eigenvalue weighted by atomic mass is 16.5. The number of likely N-dealkylation sites (tertiary alicyclic amines) is 1. The van der Waals surface area contributed by atoms with Crippen molar-refractivity contribution in [2.24, 2.45) is 11.3 Å². The second kappa shape index (κ2) is 11.1. The molecule has 3 aliphatic heterocycles. The molecule has 2 aromatic carbocycles. The Hall–Kier alpha value is -4.44. The number of ether oxygens (including phenoxy) is 2. The first-order chi connectivity index (χ1) is 20.3. The normalized spacial score (nSPS) is 23.8. The predicted molar refractivity (Wildman–Crippen MR) is 154 cm³/mol. The number of pyridine rings is 1. The molecule has 0 unspecified atom stereocenters. The molecular weight excluding hydrogens is 536 g/mol. The molecule has 10 heteroatoms. The summed E-state index contributed by atoms with van der Waals surface area (Å²) < 4.78 is 12.8. The van der Waals surface area contributed by atoms with Crippen molar-refractivity contribution >= 4 is 17.8 Å². The van der Waals surface area contributed by atoms with Crippen LogP contribution in [0.25, 0.3) is 0 Å². The van der Waals surface area contributed by atoms with E-state index in [0.29, 0.717) is 36.7 Å². The van der Waals surface area contributed by atoms with E-state index in [-0.39, 0.29) is 36.9 Å². The Morgan fingerprint density at radius 2 is 1.71 bits per heavy atom. The molecule has 0 aliphatic carbocycles. The van der Waals surface area contributed by atoms with Crippen LogP contribution in [0.4, 0.5) is 4.79 Å². The van der Waals surface area contributed by atoms with Crippen molar-refractivity contribution in [1.82, 2.24) is 19.7 Å². The topological polar surface area (TPSA) is 110 Å². The van der Waals surface area contributed by atoms with Gasteiger partial charge in [0, 0.05) is 56.3 Å². The summed E-state index contributed by atoms with van der Waals surface area (Å²) in [6.45, 7) is 1.98. The van der Waals surface area contributed by atoms with Gasteiger partial charge in [0.1, 0.15) is 16.9 Å². The summed E-state index contributed by atoms with van der Waals surface area (Å²) in [6, 6.07) is 19.2. The summed E-state index contributed by atoms with van der Waals surface area (Å²) in [6.07, 6.45) is 0.975. The van der Waals surface area contributed by atoms with Crippen molar-refractivity contribution < 1.29 is 23.9 Å². The molecule has 0 spiro atoms. The molecule has 42 heavy (non-hydrogen) atoms. The van der Waals surface area contributed by atoms with Gasteiger partial charge in [-0.2, -0.15) is 0 Å². The van der Waals surface area contributed by atoms with E-state index in [1.54, 1.807) is 37.4 Å². The van der Waals surface area contributed by atoms with E-state index in [2.05, 4.69) is 10.2 Å². The van der Waals surface area contributed by atoms with Gasteiger partial charge in [0.25, 0.3) is 5.56 Å². The lowest BCUT2D eigenvalue weighted by molar-refractivity contribution is -0.154. The van der Waals surface area contributed by atoms with Crippen molar-refractivity contribution in [2.45, 2.75) is 31.8 Å². The van der Waals surface area contributed by atoms with Gasteiger partial charge in [0.05, 0.1) is 20.8 Å². The van der Waals surface area contributed by atoms with Crippen molar-refractivity contribution in [2.75, 3.05) is 33.9 Å². The number of barbiturate groups is 1. The van der Waals surface area contributed by atoms with Crippen LogP contribution in [0.1, 0.15) is 29.2 Å². The summed E-state index contributed by atoms with van der Waals surface area (Å²) in [4.78, 5) is 57.3. The van der Waals surface area contributed by atoms with Gasteiger partial charge in [-0.25, -0.2) is 4.79 Å². The first-order valence-corrected chi connectivity index (χ1v) is 14.2. The molecule has 1 N–H and O–H groups in total. The Morgan fingerprint density at radius 3 is 2.48 bits per heavy atom. The van der Waals surface area contributed by atoms with E-state index < -0.39 is 23.3 Å². The molecule has 3 aromatic rings. The fourth-order valence-electron chi connectivity index (χ4n) is 6.82. The standard InChI is InChI=1S/C32H34N4O6/c1-41-25-12-11-23(27(14-25)42-2)15-32(29(38)33-31(40)36(30(32)39)17-21-7-4-3-5-8-21)20-34-16-22-13-24(19-34)26-9-6-10-28(37)35(26)18-22/h3-12,14,22,24H,13,15-20H2,1-2H3,(H,33,38,40)/t22-,24+,32-/m0/s1. The second-order valence-electron chi connectivity index (χ2n) is 11.5. The number of hydrogen-bond acceptors (Lipinski definition) is 7. The molecule has 3 atom stereocenters. The minimum Gasteiger partial charge on any atom is -0.497 e. The number of hydrogen-bond donors (Lipinski definition) is 1. The SMILES string of the molecule is COc1ccc(C[C@]2(CN3C[C@@H]4C[C@H](C3)c3cccc(=O)n3C4)C(=O)NC(=O)N(Cc3ccccc3)C2=O)c(OC)c1. The smallest absolute Gasteiger partial charge is 0.331 e. The molecule has 218 valence electrons. The summed E-state index contributed by atoms with van der Waals surface area (Å²) >= 11 is 0. The largest absolute Gasteiger partial charge is 0.497 e. The fourth-order valence-corrected chi connectivity index (χ4v) is 6.82. The fraction of sp³-hybridized carbons (Fsp3) is 0.375. The number of piperidine rings is 1. The highest BCUT2D eigenvalue weighted by Gasteiger charge is 2.55. The zero-order valence-electron chi connectivity index (χ0n) is 23.7. The zero-order chi connectivity index (χ0) is 29.4. The number of benzene rings is 2. The number of amides is 4. The third-order valence-corrected chi connectivity index (χ3v) is 8.77. The van der Waals surface area contributed by atoms with Crippen LogP contribution in [0.2, 0.25) is 0 Å². The number of fused-ring (bicyclic) bond motifs is 4. The first kappa shape index (κ1) is 27.7. The van der Waals surface area contributed by atoms with Gasteiger partial charge >= 0.3 is 6.03 Å². The minimum atomic E-state index is -1.59. The van der Waals surface area contributed by atoms with Crippen LogP contribution in [0.15, 0.2) is 71.5 Å². The van der Waals surface area contributed by atoms with E-state index in [1.165, 1.54) is 7.11 Å². The summed E-state index contributed by atoms with van der Waals surface area (Å²) in [5.74, 6) is 0.222. The van der Waals surface area contributed by atoms with Crippen LogP contribution >= 0.6 is 0 Å². The molecule has 4 amide bonds. The van der Waals surface area contributed by atoms with Crippen LogP contribution in [0.3, 0.4) is 0 Å². The average Bonchev–Trinajstić information content (AvgIpc) is 2.99. The van der Waals surface area contributed by atoms with Gasteiger partial charge in [-0.1, -0.05) is 42.5 Å². The van der Waals surface area contributed by atoms with Crippen LogP contribution in [-0.2, 0) is 29.1 Å². The molecule has 10 nitrogen and oxygen atoms in total. The van der Waals surface area contributed by atoms with Crippen LogP contribution in [0.5, 0.6) is 11.5 Å². The molecule has 0 radical (unpaired) electrons. The first-order valence-electron chi connectivity index (χ1n) is 14.2. The van der Waals surface area contributed by atoms with E-state index in [4.69, 9.17) is 9.47 Å². The quantitative estimate of drug-likeness (QED) is 0.415. The van der Waals surface area contributed by atoms with Gasteiger partial charge in [-0.05, 0) is 35.6 Å². The van der Waals surface area contributed by atoms with E-state index in [9.17, 15) is 19.2 Å². The van der Waals surface area contributed by atoms with Gasteiger partial charge < -0.3 is 18.9 Å².